The summed E-state index contributed by atoms with van der Waals surface area (Å²) in [5.41, 5.74) is 2.26. The second-order valence-corrected chi connectivity index (χ2v) is 10.1. The average Bonchev–Trinajstić information content (AvgIpc) is 2.63. The Morgan fingerprint density at radius 2 is 1.21 bits per heavy atom. The van der Waals surface area contributed by atoms with E-state index in [1.54, 1.807) is 0 Å². The van der Waals surface area contributed by atoms with Crippen LogP contribution in [0, 0.1) is 0 Å². The van der Waals surface area contributed by atoms with Gasteiger partial charge in [-0.2, -0.15) is 0 Å². The summed E-state index contributed by atoms with van der Waals surface area (Å²) in [7, 11) is -2.05. The van der Waals surface area contributed by atoms with Crippen LogP contribution in [-0.2, 0) is 4.43 Å². The summed E-state index contributed by atoms with van der Waals surface area (Å²) in [6.07, 6.45) is 2.13. The molecule has 0 aliphatic heterocycles. The van der Waals surface area contributed by atoms with Crippen LogP contribution in [0.25, 0.3) is 11.8 Å². The van der Waals surface area contributed by atoms with Gasteiger partial charge in [-0.05, 0) is 29.9 Å². The Bertz CT molecular complexity index is 793. The monoisotopic (exact) mass is 330 g/mol. The summed E-state index contributed by atoms with van der Waals surface area (Å²) in [5, 5.41) is 1.29. The van der Waals surface area contributed by atoms with E-state index in [-0.39, 0.29) is 0 Å². The molecule has 0 heterocycles. The Morgan fingerprint density at radius 1 is 0.708 bits per heavy atom. The average molecular weight is 331 g/mol. The first-order valence-corrected chi connectivity index (χ1v) is 11.1. The van der Waals surface area contributed by atoms with Gasteiger partial charge in [0.1, 0.15) is 5.76 Å². The van der Waals surface area contributed by atoms with E-state index in [2.05, 4.69) is 79.8 Å². The SMILES string of the molecule is C[Si](C)(O/C(=C\c1ccccc1)c1ccccc1)c1ccccc1. The van der Waals surface area contributed by atoms with Gasteiger partial charge in [-0.3, -0.25) is 0 Å². The van der Waals surface area contributed by atoms with Crippen LogP contribution in [-0.4, -0.2) is 8.32 Å². The summed E-state index contributed by atoms with van der Waals surface area (Å²) in [6, 6.07) is 31.2. The number of hydrogen-bond donors (Lipinski definition) is 0. The maximum absolute atomic E-state index is 6.61. The molecule has 120 valence electrons. The summed E-state index contributed by atoms with van der Waals surface area (Å²) >= 11 is 0. The van der Waals surface area contributed by atoms with Crippen LogP contribution in [0.4, 0.5) is 0 Å². The van der Waals surface area contributed by atoms with E-state index in [9.17, 15) is 0 Å². The third-order valence-corrected chi connectivity index (χ3v) is 6.44. The van der Waals surface area contributed by atoms with Gasteiger partial charge in [0.2, 0.25) is 0 Å². The normalized spacial score (nSPS) is 12.0. The van der Waals surface area contributed by atoms with Crippen LogP contribution in [0.3, 0.4) is 0 Å². The fraction of sp³-hybridized carbons (Fsp3) is 0.0909. The van der Waals surface area contributed by atoms with Crippen molar-refractivity contribution in [1.82, 2.24) is 0 Å². The summed E-state index contributed by atoms with van der Waals surface area (Å²) in [5.74, 6) is 0.933. The molecule has 1 nitrogen and oxygen atoms in total. The highest BCUT2D eigenvalue weighted by Crippen LogP contribution is 2.24. The molecule has 0 fully saturated rings. The van der Waals surface area contributed by atoms with E-state index in [1.807, 2.05) is 30.3 Å². The van der Waals surface area contributed by atoms with Crippen molar-refractivity contribution in [3.05, 3.63) is 102 Å². The van der Waals surface area contributed by atoms with Crippen LogP contribution >= 0.6 is 0 Å². The molecule has 3 aromatic rings. The lowest BCUT2D eigenvalue weighted by Crippen LogP contribution is -2.44. The molecule has 3 aromatic carbocycles. The zero-order valence-electron chi connectivity index (χ0n) is 14.1. The van der Waals surface area contributed by atoms with Gasteiger partial charge in [-0.15, -0.1) is 0 Å². The van der Waals surface area contributed by atoms with Crippen LogP contribution in [0.15, 0.2) is 91.0 Å². The third-order valence-electron chi connectivity index (χ3n) is 3.99. The Balaban J connectivity index is 1.98. The second kappa shape index (κ2) is 7.32. The highest BCUT2D eigenvalue weighted by atomic mass is 28.4. The van der Waals surface area contributed by atoms with Crippen molar-refractivity contribution < 1.29 is 4.43 Å². The minimum absolute atomic E-state index is 0.933. The van der Waals surface area contributed by atoms with Crippen LogP contribution in [0.5, 0.6) is 0 Å². The fourth-order valence-corrected chi connectivity index (χ4v) is 4.49. The highest BCUT2D eigenvalue weighted by molar-refractivity contribution is 6.85. The molecule has 0 bridgehead atoms. The molecule has 0 aliphatic carbocycles. The standard InChI is InChI=1S/C22H22OSi/c1-24(2,21-16-10-5-11-17-21)23-22(20-14-8-4-9-15-20)18-19-12-6-3-7-13-19/h3-18H,1-2H3/b22-18-. The fourth-order valence-electron chi connectivity index (χ4n) is 2.65. The van der Waals surface area contributed by atoms with E-state index < -0.39 is 8.32 Å². The molecule has 0 aromatic heterocycles. The Hall–Kier alpha value is -2.58. The predicted molar refractivity (Wildman–Crippen MR) is 105 cm³/mol. The predicted octanol–water partition coefficient (Wildman–Crippen LogP) is 5.31. The van der Waals surface area contributed by atoms with E-state index in [1.165, 1.54) is 5.19 Å². The lowest BCUT2D eigenvalue weighted by atomic mass is 10.1. The molecule has 0 atom stereocenters. The first kappa shape index (κ1) is 16.3. The summed E-state index contributed by atoms with van der Waals surface area (Å²) < 4.78 is 6.61. The van der Waals surface area contributed by atoms with Gasteiger partial charge in [0.25, 0.3) is 8.32 Å². The van der Waals surface area contributed by atoms with E-state index in [0.717, 1.165) is 16.9 Å². The molecule has 0 saturated carbocycles. The van der Waals surface area contributed by atoms with Crippen LogP contribution in [0.1, 0.15) is 11.1 Å². The molecule has 0 aliphatic rings. The van der Waals surface area contributed by atoms with Gasteiger partial charge in [0.15, 0.2) is 0 Å². The van der Waals surface area contributed by atoms with Crippen molar-refractivity contribution in [1.29, 1.82) is 0 Å². The lowest BCUT2D eigenvalue weighted by molar-refractivity contribution is 0.524. The minimum atomic E-state index is -2.05. The first-order valence-electron chi connectivity index (χ1n) is 8.22. The summed E-state index contributed by atoms with van der Waals surface area (Å²) in [4.78, 5) is 0. The van der Waals surface area contributed by atoms with Crippen molar-refractivity contribution in [2.75, 3.05) is 0 Å². The van der Waals surface area contributed by atoms with Crippen LogP contribution < -0.4 is 5.19 Å². The summed E-state index contributed by atoms with van der Waals surface area (Å²) in [6.45, 7) is 4.48. The molecule has 3 rings (SSSR count). The highest BCUT2D eigenvalue weighted by Gasteiger charge is 2.28. The van der Waals surface area contributed by atoms with Gasteiger partial charge < -0.3 is 4.43 Å². The molecular weight excluding hydrogens is 308 g/mol. The largest absolute Gasteiger partial charge is 0.539 e. The number of hydrogen-bond acceptors (Lipinski definition) is 1. The molecule has 0 N–H and O–H groups in total. The van der Waals surface area contributed by atoms with Gasteiger partial charge in [-0.1, -0.05) is 91.0 Å². The Morgan fingerprint density at radius 3 is 1.79 bits per heavy atom. The molecule has 0 amide bonds. The lowest BCUT2D eigenvalue weighted by Gasteiger charge is -2.26. The van der Waals surface area contributed by atoms with Crippen LogP contribution in [0.2, 0.25) is 13.1 Å². The maximum Gasteiger partial charge on any atom is 0.276 e. The van der Waals surface area contributed by atoms with Crippen molar-refractivity contribution in [3.63, 3.8) is 0 Å². The molecule has 0 unspecified atom stereocenters. The number of benzene rings is 3. The second-order valence-electron chi connectivity index (χ2n) is 6.26. The van der Waals surface area contributed by atoms with Gasteiger partial charge in [-0.25, -0.2) is 0 Å². The molecule has 0 spiro atoms. The Kier molecular flexibility index (Phi) is 4.97. The minimum Gasteiger partial charge on any atom is -0.539 e. The van der Waals surface area contributed by atoms with E-state index in [4.69, 9.17) is 4.43 Å². The molecule has 24 heavy (non-hydrogen) atoms. The quantitative estimate of drug-likeness (QED) is 0.350. The van der Waals surface area contributed by atoms with E-state index in [0.29, 0.717) is 0 Å². The third kappa shape index (κ3) is 4.03. The van der Waals surface area contributed by atoms with E-state index >= 15 is 0 Å². The van der Waals surface area contributed by atoms with Crippen molar-refractivity contribution in [2.45, 2.75) is 13.1 Å². The van der Waals surface area contributed by atoms with Crippen molar-refractivity contribution in [2.24, 2.45) is 0 Å². The zero-order chi connectivity index (χ0) is 16.8. The smallest absolute Gasteiger partial charge is 0.276 e. The van der Waals surface area contributed by atoms with Crippen molar-refractivity contribution >= 4 is 25.3 Å². The topological polar surface area (TPSA) is 9.23 Å². The maximum atomic E-state index is 6.61. The zero-order valence-corrected chi connectivity index (χ0v) is 15.1. The molecule has 2 heteroatoms. The van der Waals surface area contributed by atoms with Crippen molar-refractivity contribution in [3.8, 4) is 0 Å². The molecular formula is C22H22OSi. The van der Waals surface area contributed by atoms with Gasteiger partial charge >= 0.3 is 0 Å². The van der Waals surface area contributed by atoms with Gasteiger partial charge in [0.05, 0.1) is 0 Å². The first-order chi connectivity index (χ1) is 11.6. The number of rotatable bonds is 5. The molecule has 0 saturated heterocycles. The molecule has 0 radical (unpaired) electrons. The Labute approximate surface area is 145 Å². The van der Waals surface area contributed by atoms with Gasteiger partial charge in [0, 0.05) is 5.56 Å².